The van der Waals surface area contributed by atoms with Gasteiger partial charge in [0.15, 0.2) is 0 Å². The van der Waals surface area contributed by atoms with E-state index in [1.165, 1.54) is 5.56 Å². The Kier molecular flexibility index (Phi) is 6.55. The van der Waals surface area contributed by atoms with Crippen molar-refractivity contribution in [3.05, 3.63) is 49.1 Å². The van der Waals surface area contributed by atoms with Gasteiger partial charge < -0.3 is 10.1 Å². The Morgan fingerprint density at radius 1 is 1.33 bits per heavy atom. The van der Waals surface area contributed by atoms with Crippen molar-refractivity contribution in [2.45, 2.75) is 33.4 Å². The van der Waals surface area contributed by atoms with Crippen molar-refractivity contribution >= 4 is 38.9 Å². The maximum absolute atomic E-state index is 6.04. The average molecular weight is 389 g/mol. The number of nitrogens with one attached hydrogen (secondary N) is 1. The minimum Gasteiger partial charge on any atom is -0.487 e. The zero-order chi connectivity index (χ0) is 15.2. The van der Waals surface area contributed by atoms with Crippen LogP contribution in [0.2, 0.25) is 4.34 Å². The van der Waals surface area contributed by atoms with E-state index >= 15 is 0 Å². The van der Waals surface area contributed by atoms with E-state index in [4.69, 9.17) is 16.3 Å². The van der Waals surface area contributed by atoms with Crippen molar-refractivity contribution in [3.8, 4) is 5.75 Å². The molecule has 0 aliphatic rings. The van der Waals surface area contributed by atoms with Gasteiger partial charge in [-0.2, -0.15) is 0 Å². The van der Waals surface area contributed by atoms with Gasteiger partial charge in [0.05, 0.1) is 4.34 Å². The Morgan fingerprint density at radius 2 is 2.14 bits per heavy atom. The second-order valence-electron chi connectivity index (χ2n) is 4.88. The third kappa shape index (κ3) is 4.99. The van der Waals surface area contributed by atoms with Crippen LogP contribution < -0.4 is 10.1 Å². The third-order valence-corrected chi connectivity index (χ3v) is 4.71. The van der Waals surface area contributed by atoms with Gasteiger partial charge in [-0.05, 0) is 49.7 Å². The van der Waals surface area contributed by atoms with Crippen LogP contribution in [0, 0.1) is 6.92 Å². The molecule has 0 atom stereocenters. The van der Waals surface area contributed by atoms with E-state index in [-0.39, 0.29) is 0 Å². The van der Waals surface area contributed by atoms with Gasteiger partial charge in [0.1, 0.15) is 12.4 Å². The summed E-state index contributed by atoms with van der Waals surface area (Å²) in [5.41, 5.74) is 2.32. The Hall–Kier alpha value is -0.550. The molecule has 0 spiro atoms. The van der Waals surface area contributed by atoms with Gasteiger partial charge in [-0.3, -0.25) is 0 Å². The first-order valence-corrected chi connectivity index (χ1v) is 8.95. The molecule has 0 fully saturated rings. The molecule has 0 unspecified atom stereocenters. The summed E-state index contributed by atoms with van der Waals surface area (Å²) < 4.78 is 7.92. The predicted molar refractivity (Wildman–Crippen MR) is 94.5 cm³/mol. The van der Waals surface area contributed by atoms with Crippen molar-refractivity contribution in [3.63, 3.8) is 0 Å². The number of thiophene rings is 1. The van der Waals surface area contributed by atoms with E-state index in [2.05, 4.69) is 47.2 Å². The molecule has 5 heteroatoms. The van der Waals surface area contributed by atoms with Crippen molar-refractivity contribution in [2.24, 2.45) is 0 Å². The lowest BCUT2D eigenvalue weighted by molar-refractivity contribution is 0.303. The smallest absolute Gasteiger partial charge is 0.127 e. The van der Waals surface area contributed by atoms with Crippen molar-refractivity contribution < 1.29 is 4.74 Å². The third-order valence-electron chi connectivity index (χ3n) is 3.05. The van der Waals surface area contributed by atoms with Gasteiger partial charge in [0.25, 0.3) is 0 Å². The van der Waals surface area contributed by atoms with Crippen LogP contribution in [0.4, 0.5) is 0 Å². The summed E-state index contributed by atoms with van der Waals surface area (Å²) in [5.74, 6) is 0.964. The Labute approximate surface area is 143 Å². The van der Waals surface area contributed by atoms with Crippen LogP contribution in [0.5, 0.6) is 5.75 Å². The van der Waals surface area contributed by atoms with Crippen molar-refractivity contribution in [2.75, 3.05) is 6.54 Å². The average Bonchev–Trinajstić information content (AvgIpc) is 2.83. The van der Waals surface area contributed by atoms with Crippen LogP contribution in [0.25, 0.3) is 0 Å². The first-order chi connectivity index (χ1) is 10.1. The molecule has 0 saturated heterocycles. The van der Waals surface area contributed by atoms with Crippen molar-refractivity contribution in [1.82, 2.24) is 5.32 Å². The minimum atomic E-state index is 0.556. The Morgan fingerprint density at radius 3 is 2.81 bits per heavy atom. The van der Waals surface area contributed by atoms with Crippen LogP contribution >= 0.6 is 38.9 Å². The highest BCUT2D eigenvalue weighted by atomic mass is 79.9. The van der Waals surface area contributed by atoms with Gasteiger partial charge >= 0.3 is 0 Å². The lowest BCUT2D eigenvalue weighted by atomic mass is 10.1. The number of aryl methyl sites for hydroxylation is 1. The van der Waals surface area contributed by atoms with E-state index in [0.29, 0.717) is 6.61 Å². The number of benzene rings is 1. The van der Waals surface area contributed by atoms with Crippen LogP contribution in [0.1, 0.15) is 29.3 Å². The molecule has 1 heterocycles. The SMILES string of the molecule is CCCNCc1cc(Br)cc(C)c1OCc1ccc(Cl)s1. The molecule has 2 rings (SSSR count). The van der Waals surface area contributed by atoms with E-state index in [9.17, 15) is 0 Å². The van der Waals surface area contributed by atoms with E-state index in [1.54, 1.807) is 11.3 Å². The number of ether oxygens (including phenoxy) is 1. The fraction of sp³-hybridized carbons (Fsp3) is 0.375. The van der Waals surface area contributed by atoms with Gasteiger partial charge in [0, 0.05) is 21.5 Å². The first-order valence-electron chi connectivity index (χ1n) is 6.97. The standard InChI is InChI=1S/C16H19BrClNOS/c1-3-6-19-9-12-8-13(17)7-11(2)16(12)20-10-14-4-5-15(18)21-14/h4-5,7-8,19H,3,6,9-10H2,1-2H3. The van der Waals surface area contributed by atoms with Crippen LogP contribution in [0.3, 0.4) is 0 Å². The fourth-order valence-electron chi connectivity index (χ4n) is 2.11. The molecule has 2 aromatic rings. The first kappa shape index (κ1) is 16.8. The molecular formula is C16H19BrClNOS. The topological polar surface area (TPSA) is 21.3 Å². The molecule has 114 valence electrons. The second-order valence-corrected chi connectivity index (χ2v) is 7.60. The van der Waals surface area contributed by atoms with Gasteiger partial charge in [0.2, 0.25) is 0 Å². The fourth-order valence-corrected chi connectivity index (χ4v) is 3.73. The highest BCUT2D eigenvalue weighted by Crippen LogP contribution is 2.30. The van der Waals surface area contributed by atoms with E-state index < -0.39 is 0 Å². The number of hydrogen-bond acceptors (Lipinski definition) is 3. The van der Waals surface area contributed by atoms with Crippen molar-refractivity contribution in [1.29, 1.82) is 0 Å². The molecule has 1 aromatic heterocycles. The lowest BCUT2D eigenvalue weighted by Crippen LogP contribution is -2.15. The van der Waals surface area contributed by atoms with E-state index in [1.807, 2.05) is 12.1 Å². The molecule has 0 aliphatic heterocycles. The molecule has 21 heavy (non-hydrogen) atoms. The molecule has 2 nitrogen and oxygen atoms in total. The number of hydrogen-bond donors (Lipinski definition) is 1. The minimum absolute atomic E-state index is 0.556. The summed E-state index contributed by atoms with van der Waals surface area (Å²) in [6.07, 6.45) is 1.12. The molecule has 1 aromatic carbocycles. The highest BCUT2D eigenvalue weighted by molar-refractivity contribution is 9.10. The Bertz CT molecular complexity index is 600. The molecule has 0 amide bonds. The van der Waals surface area contributed by atoms with E-state index in [0.717, 1.165) is 44.5 Å². The molecular weight excluding hydrogens is 370 g/mol. The summed E-state index contributed by atoms with van der Waals surface area (Å²) in [4.78, 5) is 1.13. The second kappa shape index (κ2) is 8.18. The maximum atomic E-state index is 6.04. The number of halogens is 2. The Balaban J connectivity index is 2.12. The maximum Gasteiger partial charge on any atom is 0.127 e. The summed E-state index contributed by atoms with van der Waals surface area (Å²) in [5, 5.41) is 3.43. The van der Waals surface area contributed by atoms with Gasteiger partial charge in [-0.15, -0.1) is 11.3 Å². The lowest BCUT2D eigenvalue weighted by Gasteiger charge is -2.15. The summed E-state index contributed by atoms with van der Waals surface area (Å²) in [7, 11) is 0. The zero-order valence-electron chi connectivity index (χ0n) is 12.2. The molecule has 0 aliphatic carbocycles. The molecule has 0 bridgehead atoms. The monoisotopic (exact) mass is 387 g/mol. The summed E-state index contributed by atoms with van der Waals surface area (Å²) >= 11 is 11.1. The summed E-state index contributed by atoms with van der Waals surface area (Å²) in [6, 6.07) is 8.12. The van der Waals surface area contributed by atoms with Crippen LogP contribution in [-0.2, 0) is 13.2 Å². The zero-order valence-corrected chi connectivity index (χ0v) is 15.4. The molecule has 1 N–H and O–H groups in total. The van der Waals surface area contributed by atoms with Crippen LogP contribution in [-0.4, -0.2) is 6.54 Å². The molecule has 0 saturated carbocycles. The quantitative estimate of drug-likeness (QED) is 0.628. The molecule has 0 radical (unpaired) electrons. The normalized spacial score (nSPS) is 10.9. The summed E-state index contributed by atoms with van der Waals surface area (Å²) in [6.45, 7) is 6.61. The van der Waals surface area contributed by atoms with Crippen LogP contribution in [0.15, 0.2) is 28.7 Å². The largest absolute Gasteiger partial charge is 0.487 e. The van der Waals surface area contributed by atoms with Gasteiger partial charge in [-0.25, -0.2) is 0 Å². The predicted octanol–water partition coefficient (Wildman–Crippen LogP) is 5.55. The highest BCUT2D eigenvalue weighted by Gasteiger charge is 2.10. The van der Waals surface area contributed by atoms with Gasteiger partial charge in [-0.1, -0.05) is 34.5 Å². The number of rotatable bonds is 7.